The average Bonchev–Trinajstić information content (AvgIpc) is 3.09. The Kier molecular flexibility index (Phi) is 2.85. The van der Waals surface area contributed by atoms with Crippen LogP contribution < -0.4 is 5.32 Å². The van der Waals surface area contributed by atoms with Crippen molar-refractivity contribution in [3.05, 3.63) is 35.0 Å². The molecule has 1 saturated carbocycles. The second kappa shape index (κ2) is 4.35. The van der Waals surface area contributed by atoms with Gasteiger partial charge in [0.1, 0.15) is 0 Å². The van der Waals surface area contributed by atoms with E-state index in [1.165, 1.54) is 29.3 Å². The summed E-state index contributed by atoms with van der Waals surface area (Å²) < 4.78 is 2.27. The predicted octanol–water partition coefficient (Wildman–Crippen LogP) is 3.57. The van der Waals surface area contributed by atoms with E-state index in [0.29, 0.717) is 0 Å². The van der Waals surface area contributed by atoms with E-state index in [1.807, 2.05) is 6.07 Å². The Balaban J connectivity index is 1.98. The first-order valence-corrected chi connectivity index (χ1v) is 6.66. The molecule has 0 amide bonds. The van der Waals surface area contributed by atoms with Gasteiger partial charge in [-0.2, -0.15) is 0 Å². The Bertz CT molecular complexity index is 540. The highest BCUT2D eigenvalue weighted by Gasteiger charge is 2.20. The first-order chi connectivity index (χ1) is 8.28. The fourth-order valence-electron chi connectivity index (χ4n) is 2.29. The zero-order valence-corrected chi connectivity index (χ0v) is 10.8. The standard InChI is InChI=1S/C14H17ClN2/c1-2-17-9-10(8-16-12-4-5-12)13-6-3-11(15)7-14(13)17/h3,6-7,9,12,16H,2,4-5,8H2,1H3. The van der Waals surface area contributed by atoms with Crippen LogP contribution in [0.2, 0.25) is 5.02 Å². The molecule has 0 bridgehead atoms. The summed E-state index contributed by atoms with van der Waals surface area (Å²) in [4.78, 5) is 0. The number of aromatic nitrogens is 1. The van der Waals surface area contributed by atoms with Gasteiger partial charge >= 0.3 is 0 Å². The summed E-state index contributed by atoms with van der Waals surface area (Å²) in [6.45, 7) is 4.12. The van der Waals surface area contributed by atoms with Crippen LogP contribution in [0.3, 0.4) is 0 Å². The Hall–Kier alpha value is -0.990. The number of nitrogens with zero attached hydrogens (tertiary/aromatic N) is 1. The van der Waals surface area contributed by atoms with Crippen molar-refractivity contribution in [3.63, 3.8) is 0 Å². The minimum absolute atomic E-state index is 0.752. The summed E-state index contributed by atoms with van der Waals surface area (Å²) in [6, 6.07) is 6.92. The number of aryl methyl sites for hydroxylation is 1. The van der Waals surface area contributed by atoms with Gasteiger partial charge in [0.2, 0.25) is 0 Å². The zero-order valence-electron chi connectivity index (χ0n) is 10.0. The number of nitrogens with one attached hydrogen (secondary N) is 1. The van der Waals surface area contributed by atoms with E-state index in [0.717, 1.165) is 24.2 Å². The van der Waals surface area contributed by atoms with Crippen molar-refractivity contribution in [1.29, 1.82) is 0 Å². The summed E-state index contributed by atoms with van der Waals surface area (Å²) in [7, 11) is 0. The Morgan fingerprint density at radius 3 is 2.94 bits per heavy atom. The molecule has 1 aromatic carbocycles. The predicted molar refractivity (Wildman–Crippen MR) is 72.5 cm³/mol. The topological polar surface area (TPSA) is 17.0 Å². The molecule has 90 valence electrons. The number of hydrogen-bond donors (Lipinski definition) is 1. The van der Waals surface area contributed by atoms with E-state index in [4.69, 9.17) is 11.6 Å². The normalized spacial score (nSPS) is 15.6. The lowest BCUT2D eigenvalue weighted by molar-refractivity contribution is 0.686. The van der Waals surface area contributed by atoms with Crippen molar-refractivity contribution in [2.45, 2.75) is 38.9 Å². The summed E-state index contributed by atoms with van der Waals surface area (Å²) >= 11 is 6.07. The third-order valence-electron chi connectivity index (χ3n) is 3.43. The maximum Gasteiger partial charge on any atom is 0.0498 e. The summed E-state index contributed by atoms with van der Waals surface area (Å²) in [6.07, 6.45) is 4.91. The van der Waals surface area contributed by atoms with Crippen molar-refractivity contribution < 1.29 is 0 Å². The fourth-order valence-corrected chi connectivity index (χ4v) is 2.45. The van der Waals surface area contributed by atoms with E-state index in [1.54, 1.807) is 0 Å². The number of benzene rings is 1. The van der Waals surface area contributed by atoms with E-state index >= 15 is 0 Å². The maximum absolute atomic E-state index is 6.07. The largest absolute Gasteiger partial charge is 0.347 e. The van der Waals surface area contributed by atoms with Crippen molar-refractivity contribution >= 4 is 22.5 Å². The van der Waals surface area contributed by atoms with Crippen LogP contribution in [0.4, 0.5) is 0 Å². The van der Waals surface area contributed by atoms with Gasteiger partial charge < -0.3 is 9.88 Å². The van der Waals surface area contributed by atoms with E-state index < -0.39 is 0 Å². The summed E-state index contributed by atoms with van der Waals surface area (Å²) in [5.74, 6) is 0. The van der Waals surface area contributed by atoms with Crippen LogP contribution in [0, 0.1) is 0 Å². The summed E-state index contributed by atoms with van der Waals surface area (Å²) in [5.41, 5.74) is 2.62. The molecule has 0 saturated heterocycles. The molecule has 1 aliphatic rings. The van der Waals surface area contributed by atoms with Gasteiger partial charge in [-0.25, -0.2) is 0 Å². The number of fused-ring (bicyclic) bond motifs is 1. The van der Waals surface area contributed by atoms with Crippen LogP contribution in [0.25, 0.3) is 10.9 Å². The molecule has 1 heterocycles. The Labute approximate surface area is 107 Å². The highest BCUT2D eigenvalue weighted by Crippen LogP contribution is 2.26. The van der Waals surface area contributed by atoms with Gasteiger partial charge in [0.15, 0.2) is 0 Å². The molecule has 1 N–H and O–H groups in total. The minimum Gasteiger partial charge on any atom is -0.347 e. The monoisotopic (exact) mass is 248 g/mol. The van der Waals surface area contributed by atoms with Crippen molar-refractivity contribution in [2.24, 2.45) is 0 Å². The second-order valence-corrected chi connectivity index (χ2v) is 5.19. The van der Waals surface area contributed by atoms with Gasteiger partial charge in [-0.1, -0.05) is 17.7 Å². The van der Waals surface area contributed by atoms with Crippen molar-refractivity contribution in [2.75, 3.05) is 0 Å². The SMILES string of the molecule is CCn1cc(CNC2CC2)c2ccc(Cl)cc21. The summed E-state index contributed by atoms with van der Waals surface area (Å²) in [5, 5.41) is 5.71. The van der Waals surface area contributed by atoms with E-state index in [-0.39, 0.29) is 0 Å². The second-order valence-electron chi connectivity index (χ2n) is 4.76. The molecule has 0 spiro atoms. The van der Waals surface area contributed by atoms with E-state index in [2.05, 4.69) is 35.1 Å². The lowest BCUT2D eigenvalue weighted by Gasteiger charge is -2.01. The molecule has 1 aromatic heterocycles. The smallest absolute Gasteiger partial charge is 0.0498 e. The third kappa shape index (κ3) is 2.20. The quantitative estimate of drug-likeness (QED) is 0.876. The molecule has 0 aliphatic heterocycles. The van der Waals surface area contributed by atoms with Crippen molar-refractivity contribution in [1.82, 2.24) is 9.88 Å². The highest BCUT2D eigenvalue weighted by molar-refractivity contribution is 6.31. The molecule has 2 aromatic rings. The number of halogens is 1. The minimum atomic E-state index is 0.752. The zero-order chi connectivity index (χ0) is 11.8. The van der Waals surface area contributed by atoms with Crippen LogP contribution in [0.1, 0.15) is 25.3 Å². The van der Waals surface area contributed by atoms with Gasteiger partial charge in [0.25, 0.3) is 0 Å². The lowest BCUT2D eigenvalue weighted by Crippen LogP contribution is -2.14. The molecule has 1 fully saturated rings. The first kappa shape index (κ1) is 11.1. The van der Waals surface area contributed by atoms with Gasteiger partial charge in [-0.15, -0.1) is 0 Å². The molecule has 2 nitrogen and oxygen atoms in total. The third-order valence-corrected chi connectivity index (χ3v) is 3.66. The van der Waals surface area contributed by atoms with Crippen LogP contribution in [-0.4, -0.2) is 10.6 Å². The molecule has 17 heavy (non-hydrogen) atoms. The number of rotatable bonds is 4. The van der Waals surface area contributed by atoms with Crippen LogP contribution >= 0.6 is 11.6 Å². The molecule has 0 atom stereocenters. The lowest BCUT2D eigenvalue weighted by atomic mass is 10.2. The molecular formula is C14H17ClN2. The van der Waals surface area contributed by atoms with Crippen LogP contribution in [-0.2, 0) is 13.1 Å². The fraction of sp³-hybridized carbons (Fsp3) is 0.429. The van der Waals surface area contributed by atoms with Crippen LogP contribution in [0.15, 0.2) is 24.4 Å². The van der Waals surface area contributed by atoms with Crippen molar-refractivity contribution in [3.8, 4) is 0 Å². The molecule has 0 unspecified atom stereocenters. The Morgan fingerprint density at radius 1 is 1.41 bits per heavy atom. The maximum atomic E-state index is 6.07. The molecule has 0 radical (unpaired) electrons. The highest BCUT2D eigenvalue weighted by atomic mass is 35.5. The first-order valence-electron chi connectivity index (χ1n) is 6.28. The Morgan fingerprint density at radius 2 is 2.24 bits per heavy atom. The van der Waals surface area contributed by atoms with E-state index in [9.17, 15) is 0 Å². The molecule has 1 aliphatic carbocycles. The molecule has 3 heteroatoms. The van der Waals surface area contributed by atoms with Gasteiger partial charge in [-0.3, -0.25) is 0 Å². The number of hydrogen-bond acceptors (Lipinski definition) is 1. The molecular weight excluding hydrogens is 232 g/mol. The van der Waals surface area contributed by atoms with Gasteiger partial charge in [0, 0.05) is 41.3 Å². The van der Waals surface area contributed by atoms with Gasteiger partial charge in [0.05, 0.1) is 0 Å². The average molecular weight is 249 g/mol. The van der Waals surface area contributed by atoms with Crippen LogP contribution in [0.5, 0.6) is 0 Å². The molecule has 3 rings (SSSR count). The van der Waals surface area contributed by atoms with Gasteiger partial charge in [-0.05, 0) is 37.5 Å².